The highest BCUT2D eigenvalue weighted by Crippen LogP contribution is 2.32. The molecule has 5 nitrogen and oxygen atoms in total. The third kappa shape index (κ3) is 4.31. The van der Waals surface area contributed by atoms with Crippen LogP contribution < -0.4 is 9.64 Å². The van der Waals surface area contributed by atoms with Crippen molar-refractivity contribution >= 4 is 34.4 Å². The second-order valence-corrected chi connectivity index (χ2v) is 7.78. The maximum Gasteiger partial charge on any atom is 0.331 e. The van der Waals surface area contributed by atoms with E-state index in [1.54, 1.807) is 25.0 Å². The van der Waals surface area contributed by atoms with Gasteiger partial charge in [0.25, 0.3) is 5.91 Å². The minimum Gasteiger partial charge on any atom is -0.497 e. The van der Waals surface area contributed by atoms with Crippen LogP contribution in [0.25, 0.3) is 16.8 Å². The van der Waals surface area contributed by atoms with E-state index in [4.69, 9.17) is 9.47 Å². The fraction of sp³-hybridized carbons (Fsp3) is 0.231. The zero-order chi connectivity index (χ0) is 22.0. The first-order chi connectivity index (χ1) is 15.0. The second-order valence-electron chi connectivity index (χ2n) is 7.78. The number of amides is 1. The minimum absolute atomic E-state index is 0.0396. The molecular formula is C26H25NO4. The van der Waals surface area contributed by atoms with Gasteiger partial charge in [0, 0.05) is 17.8 Å². The largest absolute Gasteiger partial charge is 0.497 e. The molecule has 0 aliphatic carbocycles. The number of hydrogen-bond donors (Lipinski definition) is 0. The molecule has 1 amide bonds. The Bertz CT molecular complexity index is 1170. The molecule has 0 spiro atoms. The summed E-state index contributed by atoms with van der Waals surface area (Å²) in [6.07, 6.45) is 2.98. The van der Waals surface area contributed by atoms with Gasteiger partial charge < -0.3 is 14.4 Å². The molecule has 1 aliphatic rings. The molecule has 3 aromatic carbocycles. The smallest absolute Gasteiger partial charge is 0.331 e. The average molecular weight is 415 g/mol. The van der Waals surface area contributed by atoms with Crippen LogP contribution in [-0.4, -0.2) is 31.1 Å². The summed E-state index contributed by atoms with van der Waals surface area (Å²) in [5.74, 6) is 0.0441. The number of hydrogen-bond acceptors (Lipinski definition) is 4. The molecule has 4 rings (SSSR count). The van der Waals surface area contributed by atoms with Crippen LogP contribution in [-0.2, 0) is 20.7 Å². The van der Waals surface area contributed by atoms with E-state index in [1.165, 1.54) is 6.08 Å². The van der Waals surface area contributed by atoms with Gasteiger partial charge in [0.1, 0.15) is 5.75 Å². The molecular weight excluding hydrogens is 390 g/mol. The SMILES string of the molecule is COc1ccc2cc(/C=C/C(=O)O[C@@H](C)C(=O)N3c4ccccc4C[C@H]3C)ccc2c1. The van der Waals surface area contributed by atoms with Crippen molar-refractivity contribution in [2.24, 2.45) is 0 Å². The van der Waals surface area contributed by atoms with Crippen molar-refractivity contribution in [3.63, 3.8) is 0 Å². The molecule has 0 unspecified atom stereocenters. The fourth-order valence-electron chi connectivity index (χ4n) is 4.00. The monoisotopic (exact) mass is 415 g/mol. The predicted octanol–water partition coefficient (Wildman–Crippen LogP) is 4.77. The maximum atomic E-state index is 12.9. The second kappa shape index (κ2) is 8.64. The molecule has 1 heterocycles. The number of ether oxygens (including phenoxy) is 2. The van der Waals surface area contributed by atoms with Gasteiger partial charge >= 0.3 is 5.97 Å². The summed E-state index contributed by atoms with van der Waals surface area (Å²) in [7, 11) is 1.64. The van der Waals surface area contributed by atoms with Gasteiger partial charge in [0.2, 0.25) is 0 Å². The summed E-state index contributed by atoms with van der Waals surface area (Å²) in [6.45, 7) is 3.62. The van der Waals surface area contributed by atoms with E-state index in [-0.39, 0.29) is 11.9 Å². The van der Waals surface area contributed by atoms with Crippen LogP contribution in [0, 0.1) is 0 Å². The summed E-state index contributed by atoms with van der Waals surface area (Å²) in [4.78, 5) is 27.0. The highest BCUT2D eigenvalue weighted by molar-refractivity contribution is 6.00. The number of anilines is 1. The van der Waals surface area contributed by atoms with E-state index in [1.807, 2.05) is 67.6 Å². The molecule has 1 aliphatic heterocycles. The first-order valence-corrected chi connectivity index (χ1v) is 10.3. The summed E-state index contributed by atoms with van der Waals surface area (Å²) < 4.78 is 10.6. The van der Waals surface area contributed by atoms with E-state index in [0.717, 1.165) is 39.8 Å². The Kier molecular flexibility index (Phi) is 5.76. The third-order valence-corrected chi connectivity index (χ3v) is 5.57. The number of fused-ring (bicyclic) bond motifs is 2. The molecule has 2 atom stereocenters. The lowest BCUT2D eigenvalue weighted by Gasteiger charge is -2.25. The van der Waals surface area contributed by atoms with E-state index >= 15 is 0 Å². The first-order valence-electron chi connectivity index (χ1n) is 10.3. The van der Waals surface area contributed by atoms with Gasteiger partial charge in [-0.2, -0.15) is 0 Å². The van der Waals surface area contributed by atoms with Crippen molar-refractivity contribution in [2.75, 3.05) is 12.0 Å². The lowest BCUT2D eigenvalue weighted by molar-refractivity contribution is -0.149. The van der Waals surface area contributed by atoms with Crippen molar-refractivity contribution in [1.29, 1.82) is 0 Å². The van der Waals surface area contributed by atoms with Gasteiger partial charge in [-0.3, -0.25) is 4.79 Å². The van der Waals surface area contributed by atoms with Crippen molar-refractivity contribution in [2.45, 2.75) is 32.4 Å². The quantitative estimate of drug-likeness (QED) is 0.445. The first kappa shape index (κ1) is 20.7. The molecule has 0 radical (unpaired) electrons. The predicted molar refractivity (Wildman–Crippen MR) is 122 cm³/mol. The van der Waals surface area contributed by atoms with Crippen molar-refractivity contribution in [3.05, 3.63) is 77.9 Å². The summed E-state index contributed by atoms with van der Waals surface area (Å²) >= 11 is 0. The Balaban J connectivity index is 1.42. The number of para-hydroxylation sites is 1. The number of carbonyl (C=O) groups is 2. The highest BCUT2D eigenvalue weighted by Gasteiger charge is 2.34. The standard InChI is InChI=1S/C26H25NO4/c1-17-14-22-6-4-5-7-24(22)27(17)26(29)18(2)31-25(28)13-9-19-8-10-21-16-23(30-3)12-11-20(21)15-19/h4-13,15-18H,14H2,1-3H3/b13-9+/t17-,18+/m1/s1. The lowest BCUT2D eigenvalue weighted by Crippen LogP contribution is -2.43. The van der Waals surface area contributed by atoms with Gasteiger partial charge in [0.05, 0.1) is 7.11 Å². The molecule has 0 N–H and O–H groups in total. The molecule has 0 saturated heterocycles. The molecule has 0 saturated carbocycles. The summed E-state index contributed by atoms with van der Waals surface area (Å²) in [6, 6.07) is 19.6. The molecule has 0 fully saturated rings. The van der Waals surface area contributed by atoms with E-state index in [2.05, 4.69) is 0 Å². The fourth-order valence-corrected chi connectivity index (χ4v) is 4.00. The van der Waals surface area contributed by atoms with Crippen LogP contribution >= 0.6 is 0 Å². The topological polar surface area (TPSA) is 55.8 Å². The summed E-state index contributed by atoms with van der Waals surface area (Å²) in [5.41, 5.74) is 2.90. The van der Waals surface area contributed by atoms with Crippen molar-refractivity contribution in [3.8, 4) is 5.75 Å². The van der Waals surface area contributed by atoms with Gasteiger partial charge in [-0.05, 0) is 72.5 Å². The number of nitrogens with zero attached hydrogens (tertiary/aromatic N) is 1. The number of esters is 1. The average Bonchev–Trinajstić information content (AvgIpc) is 3.12. The normalized spacial score (nSPS) is 16.4. The van der Waals surface area contributed by atoms with Crippen LogP contribution in [0.15, 0.2) is 66.7 Å². The van der Waals surface area contributed by atoms with Crippen LogP contribution in [0.1, 0.15) is 25.0 Å². The Morgan fingerprint density at radius 3 is 2.61 bits per heavy atom. The van der Waals surface area contributed by atoms with Crippen molar-refractivity contribution < 1.29 is 19.1 Å². The van der Waals surface area contributed by atoms with Crippen LogP contribution in [0.3, 0.4) is 0 Å². The van der Waals surface area contributed by atoms with Gasteiger partial charge in [-0.15, -0.1) is 0 Å². The highest BCUT2D eigenvalue weighted by atomic mass is 16.5. The summed E-state index contributed by atoms with van der Waals surface area (Å²) in [5, 5.41) is 2.10. The zero-order valence-corrected chi connectivity index (χ0v) is 17.9. The minimum atomic E-state index is -0.866. The Morgan fingerprint density at radius 2 is 1.81 bits per heavy atom. The number of benzene rings is 3. The van der Waals surface area contributed by atoms with Gasteiger partial charge in [-0.1, -0.05) is 36.4 Å². The van der Waals surface area contributed by atoms with Gasteiger partial charge in [-0.25, -0.2) is 4.79 Å². The molecule has 3 aromatic rings. The van der Waals surface area contributed by atoms with Crippen LogP contribution in [0.5, 0.6) is 5.75 Å². The molecule has 158 valence electrons. The van der Waals surface area contributed by atoms with E-state index in [9.17, 15) is 9.59 Å². The number of rotatable bonds is 5. The molecule has 0 aromatic heterocycles. The number of carbonyl (C=O) groups excluding carboxylic acids is 2. The zero-order valence-electron chi connectivity index (χ0n) is 17.9. The maximum absolute atomic E-state index is 12.9. The Hall–Kier alpha value is -3.60. The number of methoxy groups -OCH3 is 1. The Labute approximate surface area is 181 Å². The Morgan fingerprint density at radius 1 is 1.06 bits per heavy atom. The molecule has 5 heteroatoms. The lowest BCUT2D eigenvalue weighted by atomic mass is 10.1. The van der Waals surface area contributed by atoms with Gasteiger partial charge in [0.15, 0.2) is 6.10 Å². The third-order valence-electron chi connectivity index (χ3n) is 5.57. The van der Waals surface area contributed by atoms with Crippen molar-refractivity contribution in [1.82, 2.24) is 0 Å². The van der Waals surface area contributed by atoms with E-state index < -0.39 is 12.1 Å². The molecule has 31 heavy (non-hydrogen) atoms. The van der Waals surface area contributed by atoms with Crippen LogP contribution in [0.4, 0.5) is 5.69 Å². The van der Waals surface area contributed by atoms with Crippen LogP contribution in [0.2, 0.25) is 0 Å². The van der Waals surface area contributed by atoms with E-state index in [0.29, 0.717) is 0 Å². The molecule has 0 bridgehead atoms.